The molecule has 96 valence electrons. The van der Waals surface area contributed by atoms with E-state index in [1.807, 2.05) is 0 Å². The largest absolute Gasteiger partial charge is 0.478 e. The van der Waals surface area contributed by atoms with Crippen LogP contribution in [0.5, 0.6) is 0 Å². The zero-order chi connectivity index (χ0) is 13.1. The maximum atomic E-state index is 12.7. The lowest BCUT2D eigenvalue weighted by atomic mass is 10.2. The molecular formula is C10H12F3NO3. The summed E-state index contributed by atoms with van der Waals surface area (Å²) >= 11 is 0. The van der Waals surface area contributed by atoms with Crippen molar-refractivity contribution in [1.29, 1.82) is 0 Å². The second-order valence-electron chi connectivity index (χ2n) is 3.42. The van der Waals surface area contributed by atoms with Crippen molar-refractivity contribution in [2.24, 2.45) is 0 Å². The minimum Gasteiger partial charge on any atom is -0.478 e. The number of hydrogen-bond donors (Lipinski definition) is 1. The molecule has 0 bridgehead atoms. The highest BCUT2D eigenvalue weighted by Crippen LogP contribution is 2.33. The van der Waals surface area contributed by atoms with Crippen molar-refractivity contribution in [1.82, 2.24) is 4.57 Å². The molecule has 17 heavy (non-hydrogen) atoms. The van der Waals surface area contributed by atoms with Gasteiger partial charge >= 0.3 is 12.1 Å². The molecule has 1 aromatic heterocycles. The molecule has 0 radical (unpaired) electrons. The number of aromatic nitrogens is 1. The predicted octanol–water partition coefficient (Wildman–Crippen LogP) is 2.24. The van der Waals surface area contributed by atoms with E-state index in [4.69, 9.17) is 9.84 Å². The van der Waals surface area contributed by atoms with Gasteiger partial charge in [0.1, 0.15) is 5.69 Å². The van der Waals surface area contributed by atoms with Gasteiger partial charge in [-0.05, 0) is 12.5 Å². The number of carboxylic acid groups (broad SMARTS) is 1. The summed E-state index contributed by atoms with van der Waals surface area (Å²) < 4.78 is 43.7. The summed E-state index contributed by atoms with van der Waals surface area (Å²) in [6, 6.07) is 0.956. The van der Waals surface area contributed by atoms with E-state index in [1.165, 1.54) is 7.11 Å². The SMILES string of the molecule is COCCCn1ccc(C(=O)O)c1C(F)(F)F. The molecular weight excluding hydrogens is 239 g/mol. The molecule has 0 atom stereocenters. The van der Waals surface area contributed by atoms with Crippen LogP contribution in [0.1, 0.15) is 22.5 Å². The van der Waals surface area contributed by atoms with Gasteiger partial charge in [-0.3, -0.25) is 0 Å². The Kier molecular flexibility index (Phi) is 4.17. The Morgan fingerprint density at radius 2 is 2.18 bits per heavy atom. The zero-order valence-corrected chi connectivity index (χ0v) is 9.12. The fraction of sp³-hybridized carbons (Fsp3) is 0.500. The summed E-state index contributed by atoms with van der Waals surface area (Å²) in [6.45, 7) is 0.383. The van der Waals surface area contributed by atoms with Crippen LogP contribution in [-0.2, 0) is 17.5 Å². The number of aryl methyl sites for hydroxylation is 1. The molecule has 0 amide bonds. The Morgan fingerprint density at radius 1 is 1.53 bits per heavy atom. The Bertz CT molecular complexity index is 398. The summed E-state index contributed by atoms with van der Waals surface area (Å²) in [5.41, 5.74) is -1.85. The molecule has 0 aliphatic heterocycles. The second kappa shape index (κ2) is 5.22. The summed E-state index contributed by atoms with van der Waals surface area (Å²) in [5, 5.41) is 8.68. The standard InChI is InChI=1S/C10H12F3NO3/c1-17-6-2-4-14-5-3-7(9(15)16)8(14)10(11,12)13/h3,5H,2,4,6H2,1H3,(H,15,16). The maximum absolute atomic E-state index is 12.7. The van der Waals surface area contributed by atoms with Gasteiger partial charge in [-0.15, -0.1) is 0 Å². The quantitative estimate of drug-likeness (QED) is 0.816. The van der Waals surface area contributed by atoms with Crippen LogP contribution in [-0.4, -0.2) is 29.4 Å². The van der Waals surface area contributed by atoms with Crippen LogP contribution in [0, 0.1) is 0 Å². The molecule has 7 heteroatoms. The van der Waals surface area contributed by atoms with Crippen LogP contribution in [0.15, 0.2) is 12.3 Å². The van der Waals surface area contributed by atoms with Gasteiger partial charge in [-0.25, -0.2) is 4.79 Å². The predicted molar refractivity (Wildman–Crippen MR) is 52.9 cm³/mol. The van der Waals surface area contributed by atoms with E-state index in [1.54, 1.807) is 0 Å². The van der Waals surface area contributed by atoms with Crippen molar-refractivity contribution >= 4 is 5.97 Å². The first-order valence-electron chi connectivity index (χ1n) is 4.86. The van der Waals surface area contributed by atoms with E-state index >= 15 is 0 Å². The van der Waals surface area contributed by atoms with Gasteiger partial charge in [-0.2, -0.15) is 13.2 Å². The molecule has 0 aliphatic carbocycles. The van der Waals surface area contributed by atoms with Gasteiger partial charge in [-0.1, -0.05) is 0 Å². The second-order valence-corrected chi connectivity index (χ2v) is 3.42. The normalized spacial score (nSPS) is 11.8. The summed E-state index contributed by atoms with van der Waals surface area (Å²) in [5.74, 6) is -1.58. The Balaban J connectivity index is 3.01. The topological polar surface area (TPSA) is 51.5 Å². The maximum Gasteiger partial charge on any atom is 0.432 e. The van der Waals surface area contributed by atoms with Gasteiger partial charge in [0, 0.05) is 26.5 Å². The highest BCUT2D eigenvalue weighted by Gasteiger charge is 2.38. The average Bonchev–Trinajstić information content (AvgIpc) is 2.61. The lowest BCUT2D eigenvalue weighted by Crippen LogP contribution is -2.18. The van der Waals surface area contributed by atoms with E-state index in [-0.39, 0.29) is 6.54 Å². The number of nitrogens with zero attached hydrogens (tertiary/aromatic N) is 1. The molecule has 0 saturated carbocycles. The molecule has 0 fully saturated rings. The van der Waals surface area contributed by atoms with E-state index in [0.29, 0.717) is 13.0 Å². The van der Waals surface area contributed by atoms with Gasteiger partial charge in [0.25, 0.3) is 0 Å². The third-order valence-corrected chi connectivity index (χ3v) is 2.21. The highest BCUT2D eigenvalue weighted by atomic mass is 19.4. The highest BCUT2D eigenvalue weighted by molar-refractivity contribution is 5.89. The Hall–Kier alpha value is -1.50. The number of halogens is 3. The van der Waals surface area contributed by atoms with Gasteiger partial charge < -0.3 is 14.4 Å². The van der Waals surface area contributed by atoms with Gasteiger partial charge in [0.05, 0.1) is 5.56 Å². The van der Waals surface area contributed by atoms with Crippen LogP contribution >= 0.6 is 0 Å². The summed E-state index contributed by atoms with van der Waals surface area (Å²) in [4.78, 5) is 10.7. The number of carbonyl (C=O) groups is 1. The van der Waals surface area contributed by atoms with Crippen molar-refractivity contribution < 1.29 is 27.8 Å². The molecule has 0 spiro atoms. The molecule has 1 aromatic rings. The van der Waals surface area contributed by atoms with Gasteiger partial charge in [0.2, 0.25) is 0 Å². The smallest absolute Gasteiger partial charge is 0.432 e. The number of carboxylic acids is 1. The fourth-order valence-corrected chi connectivity index (χ4v) is 1.53. The van der Waals surface area contributed by atoms with Crippen molar-refractivity contribution in [3.8, 4) is 0 Å². The number of ether oxygens (including phenoxy) is 1. The summed E-state index contributed by atoms with van der Waals surface area (Å²) in [6.07, 6.45) is -3.17. The van der Waals surface area contributed by atoms with Crippen LogP contribution < -0.4 is 0 Å². The minimum atomic E-state index is -4.68. The van der Waals surface area contributed by atoms with E-state index < -0.39 is 23.4 Å². The molecule has 0 unspecified atom stereocenters. The molecule has 1 N–H and O–H groups in total. The first-order valence-corrected chi connectivity index (χ1v) is 4.86. The third kappa shape index (κ3) is 3.23. The lowest BCUT2D eigenvalue weighted by molar-refractivity contribution is -0.144. The minimum absolute atomic E-state index is 0.0654. The van der Waals surface area contributed by atoms with Crippen molar-refractivity contribution in [3.05, 3.63) is 23.5 Å². The average molecular weight is 251 g/mol. The Labute approximate surface area is 95.6 Å². The van der Waals surface area contributed by atoms with Crippen LogP contribution in [0.4, 0.5) is 13.2 Å². The molecule has 1 heterocycles. The third-order valence-electron chi connectivity index (χ3n) is 2.21. The van der Waals surface area contributed by atoms with Crippen LogP contribution in [0.2, 0.25) is 0 Å². The first kappa shape index (κ1) is 13.6. The number of hydrogen-bond acceptors (Lipinski definition) is 2. The van der Waals surface area contributed by atoms with Crippen LogP contribution in [0.3, 0.4) is 0 Å². The summed E-state index contributed by atoms with van der Waals surface area (Å²) in [7, 11) is 1.45. The number of methoxy groups -OCH3 is 1. The molecule has 0 aromatic carbocycles. The van der Waals surface area contributed by atoms with E-state index in [2.05, 4.69) is 0 Å². The van der Waals surface area contributed by atoms with Crippen LogP contribution in [0.25, 0.3) is 0 Å². The molecule has 1 rings (SSSR count). The lowest BCUT2D eigenvalue weighted by Gasteiger charge is -2.12. The number of rotatable bonds is 5. The molecule has 0 saturated heterocycles. The van der Waals surface area contributed by atoms with Crippen molar-refractivity contribution in [2.75, 3.05) is 13.7 Å². The zero-order valence-electron chi connectivity index (χ0n) is 9.12. The molecule has 4 nitrogen and oxygen atoms in total. The first-order chi connectivity index (χ1) is 7.88. The van der Waals surface area contributed by atoms with Crippen molar-refractivity contribution in [2.45, 2.75) is 19.1 Å². The number of aromatic carboxylic acids is 1. The molecule has 0 aliphatic rings. The van der Waals surface area contributed by atoms with E-state index in [9.17, 15) is 18.0 Å². The van der Waals surface area contributed by atoms with E-state index in [0.717, 1.165) is 16.8 Å². The van der Waals surface area contributed by atoms with Crippen molar-refractivity contribution in [3.63, 3.8) is 0 Å². The van der Waals surface area contributed by atoms with Gasteiger partial charge in [0.15, 0.2) is 0 Å². The fourth-order valence-electron chi connectivity index (χ4n) is 1.53. The number of alkyl halides is 3. The monoisotopic (exact) mass is 251 g/mol. The Morgan fingerprint density at radius 3 is 2.65 bits per heavy atom.